The third-order valence-electron chi connectivity index (χ3n) is 5.87. The van der Waals surface area contributed by atoms with Crippen LogP contribution in [-0.4, -0.2) is 53.5 Å². The van der Waals surface area contributed by atoms with Crippen molar-refractivity contribution in [3.05, 3.63) is 0 Å². The minimum atomic E-state index is -0.414. The van der Waals surface area contributed by atoms with Gasteiger partial charge in [-0.3, -0.25) is 14.6 Å². The van der Waals surface area contributed by atoms with Crippen molar-refractivity contribution in [2.24, 2.45) is 22.7 Å². The van der Waals surface area contributed by atoms with Crippen LogP contribution in [0.2, 0.25) is 0 Å². The predicted molar refractivity (Wildman–Crippen MR) is 110 cm³/mol. The number of carbonyl (C=O) groups excluding carboxylic acids is 2. The largest absolute Gasteiger partial charge is 0.469 e. The minimum absolute atomic E-state index is 0. The number of amides is 1. The van der Waals surface area contributed by atoms with Crippen molar-refractivity contribution < 1.29 is 14.3 Å². The maximum atomic E-state index is 11.7. The van der Waals surface area contributed by atoms with Gasteiger partial charge in [-0.05, 0) is 69.9 Å². The van der Waals surface area contributed by atoms with Crippen LogP contribution in [0.15, 0.2) is 5.10 Å². The minimum Gasteiger partial charge on any atom is -0.469 e. The smallest absolute Gasteiger partial charge is 0.305 e. The van der Waals surface area contributed by atoms with Gasteiger partial charge in [0.25, 0.3) is 5.91 Å². The molecule has 1 amide bonds. The Kier molecular flexibility index (Phi) is 8.69. The van der Waals surface area contributed by atoms with Crippen LogP contribution in [0, 0.1) is 11.8 Å². The zero-order valence-electron chi connectivity index (χ0n) is 15.9. The van der Waals surface area contributed by atoms with Crippen LogP contribution in [0.25, 0.3) is 0 Å². The molecule has 2 heterocycles. The van der Waals surface area contributed by atoms with E-state index in [1.54, 1.807) is 11.8 Å². The Morgan fingerprint density at radius 3 is 2.48 bits per heavy atom. The number of hydrogen-bond donors (Lipinski definition) is 2. The normalized spacial score (nSPS) is 29.0. The van der Waals surface area contributed by atoms with Gasteiger partial charge >= 0.3 is 5.97 Å². The molecule has 3 N–H and O–H groups in total. The summed E-state index contributed by atoms with van der Waals surface area (Å²) < 4.78 is 4.74. The molecule has 1 atom stereocenters. The zero-order valence-corrected chi connectivity index (χ0v) is 17.5. The number of primary amides is 1. The molecule has 0 bridgehead atoms. The van der Waals surface area contributed by atoms with Gasteiger partial charge in [0, 0.05) is 12.5 Å². The molecule has 2 aliphatic heterocycles. The molecule has 3 rings (SSSR count). The van der Waals surface area contributed by atoms with Crippen LogP contribution in [0.3, 0.4) is 0 Å². The molecule has 1 saturated heterocycles. The van der Waals surface area contributed by atoms with Crippen LogP contribution in [0.1, 0.15) is 51.4 Å². The summed E-state index contributed by atoms with van der Waals surface area (Å²) in [7, 11) is 1.44. The molecule has 0 aromatic heterocycles. The summed E-state index contributed by atoms with van der Waals surface area (Å²) in [5.74, 6) is 0.587. The van der Waals surface area contributed by atoms with Crippen LogP contribution < -0.4 is 11.1 Å². The van der Waals surface area contributed by atoms with Gasteiger partial charge in [0.2, 0.25) is 0 Å². The Bertz CT molecular complexity index is 549. The molecule has 9 heteroatoms. The van der Waals surface area contributed by atoms with E-state index in [4.69, 9.17) is 10.5 Å². The van der Waals surface area contributed by atoms with Crippen molar-refractivity contribution in [3.8, 4) is 0 Å². The van der Waals surface area contributed by atoms with Crippen molar-refractivity contribution in [2.45, 2.75) is 62.8 Å². The van der Waals surface area contributed by atoms with E-state index in [1.807, 2.05) is 0 Å². The summed E-state index contributed by atoms with van der Waals surface area (Å²) >= 11 is 1.56. The van der Waals surface area contributed by atoms with E-state index < -0.39 is 5.91 Å². The number of nitrogens with zero attached hydrogens (tertiary/aromatic N) is 2. The number of methoxy groups -OCH3 is 1. The molecule has 27 heavy (non-hydrogen) atoms. The highest BCUT2D eigenvalue weighted by Gasteiger charge is 2.40. The van der Waals surface area contributed by atoms with E-state index >= 15 is 0 Å². The second-order valence-corrected chi connectivity index (χ2v) is 8.64. The highest BCUT2D eigenvalue weighted by molar-refractivity contribution is 8.16. The lowest BCUT2D eigenvalue weighted by Gasteiger charge is -2.40. The first-order valence-electron chi connectivity index (χ1n) is 9.69. The molecule has 0 aromatic carbocycles. The van der Waals surface area contributed by atoms with Crippen LogP contribution in [-0.2, 0) is 14.3 Å². The van der Waals surface area contributed by atoms with Gasteiger partial charge < -0.3 is 15.8 Å². The predicted octanol–water partition coefficient (Wildman–Crippen LogP) is 2.09. The molecule has 3 aliphatic rings. The van der Waals surface area contributed by atoms with Gasteiger partial charge in [0.15, 0.2) is 5.04 Å². The Labute approximate surface area is 171 Å². The summed E-state index contributed by atoms with van der Waals surface area (Å²) in [5.41, 5.74) is 5.51. The Morgan fingerprint density at radius 1 is 1.22 bits per heavy atom. The lowest BCUT2D eigenvalue weighted by atomic mass is 9.83. The molecule has 1 unspecified atom stereocenters. The van der Waals surface area contributed by atoms with Crippen molar-refractivity contribution in [1.82, 2.24) is 10.3 Å². The fraction of sp³-hybridized carbons (Fsp3) is 0.833. The second kappa shape index (κ2) is 10.5. The standard InChI is InChI=1S/C18H30N4O3S.ClH/c1-25-15(23)7-4-12-2-5-14(6-3-12)22-18(13-8-10-20-11-9-13)26-17(21-22)16(19)24;/h12-14,18,20H,2-11H2,1H3,(H2,19,24);1H/t12-,14-,18?;. The van der Waals surface area contributed by atoms with Gasteiger partial charge in [-0.25, -0.2) is 0 Å². The molecule has 1 aliphatic carbocycles. The van der Waals surface area contributed by atoms with Gasteiger partial charge in [-0.15, -0.1) is 12.4 Å². The SMILES string of the molecule is COC(=O)CC[C@H]1CC[C@H](N2N=C(C(N)=O)SC2C2CCNCC2)CC1.Cl. The molecule has 2 fully saturated rings. The molecule has 0 aromatic rings. The Hall–Kier alpha value is -0.990. The number of thioether (sulfide) groups is 1. The third-order valence-corrected chi connectivity index (χ3v) is 7.22. The first-order chi connectivity index (χ1) is 12.6. The summed E-state index contributed by atoms with van der Waals surface area (Å²) in [6, 6.07) is 0.369. The lowest BCUT2D eigenvalue weighted by molar-refractivity contribution is -0.141. The van der Waals surface area contributed by atoms with Gasteiger partial charge in [0.1, 0.15) is 5.37 Å². The van der Waals surface area contributed by atoms with E-state index in [0.29, 0.717) is 29.3 Å². The van der Waals surface area contributed by atoms with Crippen LogP contribution in [0.5, 0.6) is 0 Å². The molecule has 154 valence electrons. The number of halogens is 1. The highest BCUT2D eigenvalue weighted by atomic mass is 35.5. The molecule has 1 saturated carbocycles. The average Bonchev–Trinajstić information content (AvgIpc) is 3.13. The number of carbonyl (C=O) groups is 2. The van der Waals surface area contributed by atoms with Crippen molar-refractivity contribution >= 4 is 41.1 Å². The fourth-order valence-corrected chi connectivity index (χ4v) is 5.59. The number of nitrogens with two attached hydrogens (primary N) is 1. The average molecular weight is 419 g/mol. The van der Waals surface area contributed by atoms with Crippen LogP contribution >= 0.6 is 24.2 Å². The zero-order chi connectivity index (χ0) is 18.5. The topological polar surface area (TPSA) is 97.0 Å². The van der Waals surface area contributed by atoms with Crippen molar-refractivity contribution in [1.29, 1.82) is 0 Å². The number of piperidine rings is 1. The fourth-order valence-electron chi connectivity index (χ4n) is 4.31. The summed E-state index contributed by atoms with van der Waals surface area (Å²) in [6.07, 6.45) is 7.96. The molecule has 0 spiro atoms. The van der Waals surface area contributed by atoms with Crippen molar-refractivity contribution in [3.63, 3.8) is 0 Å². The summed E-state index contributed by atoms with van der Waals surface area (Å²) in [6.45, 7) is 2.06. The van der Waals surface area contributed by atoms with Crippen LogP contribution in [0.4, 0.5) is 0 Å². The number of hydrazone groups is 1. The molecule has 0 radical (unpaired) electrons. The highest BCUT2D eigenvalue weighted by Crippen LogP contribution is 2.41. The number of hydrogen-bond acceptors (Lipinski definition) is 7. The maximum Gasteiger partial charge on any atom is 0.305 e. The van der Waals surface area contributed by atoms with E-state index in [0.717, 1.165) is 58.0 Å². The van der Waals surface area contributed by atoms with Gasteiger partial charge in [-0.2, -0.15) is 5.10 Å². The Morgan fingerprint density at radius 2 is 1.89 bits per heavy atom. The van der Waals surface area contributed by atoms with Gasteiger partial charge in [-0.1, -0.05) is 11.8 Å². The monoisotopic (exact) mass is 418 g/mol. The Balaban J connectivity index is 0.00000261. The number of rotatable bonds is 6. The number of ether oxygens (including phenoxy) is 1. The first kappa shape index (κ1) is 22.3. The lowest BCUT2D eigenvalue weighted by Crippen LogP contribution is -2.44. The third kappa shape index (κ3) is 5.74. The number of esters is 1. The molecular formula is C18H31ClN4O3S. The molecule has 7 nitrogen and oxygen atoms in total. The van der Waals surface area contributed by atoms with Crippen molar-refractivity contribution in [2.75, 3.05) is 20.2 Å². The van der Waals surface area contributed by atoms with E-state index in [1.165, 1.54) is 7.11 Å². The van der Waals surface area contributed by atoms with Gasteiger partial charge in [0.05, 0.1) is 7.11 Å². The van der Waals surface area contributed by atoms with E-state index in [2.05, 4.69) is 15.4 Å². The quantitative estimate of drug-likeness (QED) is 0.641. The second-order valence-electron chi connectivity index (χ2n) is 7.53. The van der Waals surface area contributed by atoms with E-state index in [9.17, 15) is 9.59 Å². The summed E-state index contributed by atoms with van der Waals surface area (Å²) in [4.78, 5) is 23.0. The van der Waals surface area contributed by atoms with E-state index in [-0.39, 0.29) is 23.8 Å². The summed E-state index contributed by atoms with van der Waals surface area (Å²) in [5, 5.41) is 10.9. The molecular weight excluding hydrogens is 388 g/mol. The number of nitrogens with one attached hydrogen (secondary N) is 1. The maximum absolute atomic E-state index is 11.7. The first-order valence-corrected chi connectivity index (χ1v) is 10.6.